The largest absolute Gasteiger partial charge is 0.454 e. The van der Waals surface area contributed by atoms with Gasteiger partial charge in [-0.3, -0.25) is 0 Å². The van der Waals surface area contributed by atoms with Crippen LogP contribution >= 0.6 is 0 Å². The van der Waals surface area contributed by atoms with Crippen molar-refractivity contribution in [3.05, 3.63) is 23.3 Å². The van der Waals surface area contributed by atoms with Gasteiger partial charge in [0, 0.05) is 13.1 Å². The summed E-state index contributed by atoms with van der Waals surface area (Å²) in [6, 6.07) is 3.94. The molecule has 1 fully saturated rings. The first kappa shape index (κ1) is 13.4. The summed E-state index contributed by atoms with van der Waals surface area (Å²) < 4.78 is 37.8. The fourth-order valence-electron chi connectivity index (χ4n) is 3.53. The van der Waals surface area contributed by atoms with Crippen LogP contribution in [0.15, 0.2) is 12.1 Å². The van der Waals surface area contributed by atoms with Gasteiger partial charge in [-0.05, 0) is 42.5 Å². The third-order valence-electron chi connectivity index (χ3n) is 4.76. The molecule has 0 saturated heterocycles. The summed E-state index contributed by atoms with van der Waals surface area (Å²) in [5, 5.41) is -0.173. The highest BCUT2D eigenvalue weighted by Gasteiger charge is 2.36. The molecule has 1 saturated carbocycles. The maximum Gasteiger partial charge on any atom is 0.231 e. The van der Waals surface area contributed by atoms with Gasteiger partial charge >= 0.3 is 0 Å². The molecule has 0 amide bonds. The quantitative estimate of drug-likeness (QED) is 0.839. The average Bonchev–Trinajstić information content (AvgIpc) is 3.15. The molecule has 0 bridgehead atoms. The smallest absolute Gasteiger partial charge is 0.231 e. The van der Waals surface area contributed by atoms with Crippen LogP contribution in [0.2, 0.25) is 0 Å². The van der Waals surface area contributed by atoms with Gasteiger partial charge in [-0.25, -0.2) is 8.42 Å². The number of rotatable bonds is 2. The molecule has 6 heteroatoms. The van der Waals surface area contributed by atoms with Crippen LogP contribution in [0.1, 0.15) is 36.8 Å². The molecule has 0 N–H and O–H groups in total. The zero-order chi connectivity index (χ0) is 14.4. The molecule has 114 valence electrons. The highest BCUT2D eigenvalue weighted by atomic mass is 32.2. The Balaban J connectivity index is 1.61. The summed E-state index contributed by atoms with van der Waals surface area (Å²) in [7, 11) is -3.16. The predicted molar refractivity (Wildman–Crippen MR) is 77.9 cm³/mol. The van der Waals surface area contributed by atoms with Crippen LogP contribution in [-0.4, -0.2) is 31.3 Å². The summed E-state index contributed by atoms with van der Waals surface area (Å²) in [6.07, 6.45) is 4.44. The summed E-state index contributed by atoms with van der Waals surface area (Å²) in [5.41, 5.74) is 2.23. The van der Waals surface area contributed by atoms with Crippen LogP contribution in [-0.2, 0) is 23.0 Å². The molecule has 2 aliphatic heterocycles. The highest BCUT2D eigenvalue weighted by Crippen LogP contribution is 2.38. The van der Waals surface area contributed by atoms with Crippen molar-refractivity contribution in [2.24, 2.45) is 0 Å². The second kappa shape index (κ2) is 4.88. The first-order chi connectivity index (χ1) is 10.1. The molecule has 1 aromatic rings. The Hall–Kier alpha value is -1.27. The van der Waals surface area contributed by atoms with E-state index < -0.39 is 10.0 Å². The highest BCUT2D eigenvalue weighted by molar-refractivity contribution is 7.89. The molecule has 5 nitrogen and oxygen atoms in total. The van der Waals surface area contributed by atoms with E-state index in [1.54, 1.807) is 4.31 Å². The Labute approximate surface area is 124 Å². The van der Waals surface area contributed by atoms with Gasteiger partial charge < -0.3 is 9.47 Å². The van der Waals surface area contributed by atoms with Crippen LogP contribution in [0, 0.1) is 0 Å². The first-order valence-electron chi connectivity index (χ1n) is 7.55. The van der Waals surface area contributed by atoms with E-state index in [0.717, 1.165) is 49.2 Å². The van der Waals surface area contributed by atoms with Crippen molar-refractivity contribution in [3.8, 4) is 11.5 Å². The van der Waals surface area contributed by atoms with Crippen molar-refractivity contribution in [2.75, 3.05) is 13.3 Å². The van der Waals surface area contributed by atoms with Crippen LogP contribution in [0.3, 0.4) is 0 Å². The SMILES string of the molecule is O=S(=O)(C1CCCC1)N1CCc2cc3c(cc2C1)OCO3. The van der Waals surface area contributed by atoms with Crippen LogP contribution < -0.4 is 9.47 Å². The third-order valence-corrected chi connectivity index (χ3v) is 7.10. The topological polar surface area (TPSA) is 55.8 Å². The minimum atomic E-state index is -3.16. The second-order valence-corrected chi connectivity index (χ2v) is 8.22. The molecular weight excluding hydrogens is 290 g/mol. The molecule has 3 aliphatic rings. The lowest BCUT2D eigenvalue weighted by molar-refractivity contribution is 0.174. The van der Waals surface area contributed by atoms with E-state index in [4.69, 9.17) is 9.47 Å². The molecule has 1 aromatic carbocycles. The van der Waals surface area contributed by atoms with E-state index in [1.807, 2.05) is 12.1 Å². The number of sulfonamides is 1. The van der Waals surface area contributed by atoms with Gasteiger partial charge in [-0.2, -0.15) is 4.31 Å². The maximum atomic E-state index is 12.7. The van der Waals surface area contributed by atoms with Gasteiger partial charge in [0.05, 0.1) is 5.25 Å². The number of hydrogen-bond acceptors (Lipinski definition) is 4. The Morgan fingerprint density at radius 1 is 1.05 bits per heavy atom. The summed E-state index contributed by atoms with van der Waals surface area (Å²) in [6.45, 7) is 1.29. The fraction of sp³-hybridized carbons (Fsp3) is 0.600. The van der Waals surface area contributed by atoms with Gasteiger partial charge in [0.1, 0.15) is 0 Å². The van der Waals surface area contributed by atoms with Crippen molar-refractivity contribution in [2.45, 2.75) is 43.9 Å². The van der Waals surface area contributed by atoms with E-state index in [-0.39, 0.29) is 12.0 Å². The van der Waals surface area contributed by atoms with E-state index >= 15 is 0 Å². The lowest BCUT2D eigenvalue weighted by atomic mass is 10.0. The normalized spacial score (nSPS) is 22.5. The van der Waals surface area contributed by atoms with Gasteiger partial charge in [0.15, 0.2) is 11.5 Å². The van der Waals surface area contributed by atoms with E-state index in [1.165, 1.54) is 5.56 Å². The zero-order valence-corrected chi connectivity index (χ0v) is 12.7. The van der Waals surface area contributed by atoms with Gasteiger partial charge in [0.2, 0.25) is 16.8 Å². The minimum Gasteiger partial charge on any atom is -0.454 e. The van der Waals surface area contributed by atoms with Crippen LogP contribution in [0.5, 0.6) is 11.5 Å². The minimum absolute atomic E-state index is 0.173. The Morgan fingerprint density at radius 2 is 1.71 bits per heavy atom. The number of hydrogen-bond donors (Lipinski definition) is 0. The molecule has 0 spiro atoms. The van der Waals surface area contributed by atoms with Crippen molar-refractivity contribution in [1.82, 2.24) is 4.31 Å². The first-order valence-corrected chi connectivity index (χ1v) is 9.05. The molecule has 4 rings (SSSR count). The Bertz CT molecular complexity index is 664. The molecule has 0 atom stereocenters. The number of nitrogens with zero attached hydrogens (tertiary/aromatic N) is 1. The number of fused-ring (bicyclic) bond motifs is 2. The molecule has 21 heavy (non-hydrogen) atoms. The lowest BCUT2D eigenvalue weighted by Crippen LogP contribution is -2.40. The van der Waals surface area contributed by atoms with E-state index in [2.05, 4.69) is 0 Å². The van der Waals surface area contributed by atoms with Crippen molar-refractivity contribution in [1.29, 1.82) is 0 Å². The fourth-order valence-corrected chi connectivity index (χ4v) is 5.55. The summed E-state index contributed by atoms with van der Waals surface area (Å²) >= 11 is 0. The maximum absolute atomic E-state index is 12.7. The van der Waals surface area contributed by atoms with Gasteiger partial charge in [0.25, 0.3) is 0 Å². The van der Waals surface area contributed by atoms with Crippen molar-refractivity contribution in [3.63, 3.8) is 0 Å². The molecule has 1 aliphatic carbocycles. The van der Waals surface area contributed by atoms with Gasteiger partial charge in [-0.15, -0.1) is 0 Å². The van der Waals surface area contributed by atoms with Crippen molar-refractivity contribution >= 4 is 10.0 Å². The molecule has 2 heterocycles. The molecular formula is C15H19NO4S. The molecule has 0 radical (unpaired) electrons. The Morgan fingerprint density at radius 3 is 2.43 bits per heavy atom. The predicted octanol–water partition coefficient (Wildman–Crippen LogP) is 2.05. The summed E-state index contributed by atoms with van der Waals surface area (Å²) in [5.74, 6) is 1.51. The standard InChI is InChI=1S/C15H19NO4S/c17-21(18,13-3-1-2-4-13)16-6-5-11-7-14-15(20-10-19-14)8-12(11)9-16/h7-8,13H,1-6,9-10H2. The number of ether oxygens (including phenoxy) is 2. The van der Waals surface area contributed by atoms with Crippen molar-refractivity contribution < 1.29 is 17.9 Å². The zero-order valence-electron chi connectivity index (χ0n) is 11.9. The summed E-state index contributed by atoms with van der Waals surface area (Å²) in [4.78, 5) is 0. The third kappa shape index (κ3) is 2.21. The molecule has 0 unspecified atom stereocenters. The second-order valence-electron chi connectivity index (χ2n) is 6.01. The number of benzene rings is 1. The van der Waals surface area contributed by atoms with Crippen LogP contribution in [0.4, 0.5) is 0 Å². The Kier molecular flexibility index (Phi) is 3.11. The lowest BCUT2D eigenvalue weighted by Gasteiger charge is -2.30. The monoisotopic (exact) mass is 309 g/mol. The average molecular weight is 309 g/mol. The molecule has 0 aromatic heterocycles. The van der Waals surface area contributed by atoms with Gasteiger partial charge in [-0.1, -0.05) is 12.8 Å². The van der Waals surface area contributed by atoms with E-state index in [9.17, 15) is 8.42 Å². The van der Waals surface area contributed by atoms with E-state index in [0.29, 0.717) is 13.1 Å². The van der Waals surface area contributed by atoms with Crippen LogP contribution in [0.25, 0.3) is 0 Å².